The Labute approximate surface area is 130 Å². The second kappa shape index (κ2) is 7.32. The number of benzene rings is 1. The quantitative estimate of drug-likeness (QED) is 0.756. The number of rotatable bonds is 6. The highest BCUT2D eigenvalue weighted by Gasteiger charge is 2.14. The van der Waals surface area contributed by atoms with Crippen molar-refractivity contribution in [3.8, 4) is 10.6 Å². The number of thiazole rings is 1. The number of ether oxygens (including phenoxy) is 1. The number of amides is 2. The molecule has 0 unspecified atom stereocenters. The van der Waals surface area contributed by atoms with Crippen LogP contribution < -0.4 is 11.1 Å². The van der Waals surface area contributed by atoms with Crippen LogP contribution >= 0.6 is 11.3 Å². The Morgan fingerprint density at radius 1 is 1.23 bits per heavy atom. The van der Waals surface area contributed by atoms with Crippen LogP contribution in [0.3, 0.4) is 0 Å². The van der Waals surface area contributed by atoms with Gasteiger partial charge in [0.05, 0.1) is 6.54 Å². The van der Waals surface area contributed by atoms with Crippen LogP contribution in [0.2, 0.25) is 0 Å². The van der Waals surface area contributed by atoms with E-state index in [2.05, 4.69) is 10.3 Å². The van der Waals surface area contributed by atoms with Gasteiger partial charge in [-0.2, -0.15) is 0 Å². The van der Waals surface area contributed by atoms with E-state index in [-0.39, 0.29) is 12.2 Å². The Morgan fingerprint density at radius 3 is 2.64 bits per heavy atom. The van der Waals surface area contributed by atoms with Crippen LogP contribution in [0.1, 0.15) is 10.5 Å². The highest BCUT2D eigenvalue weighted by atomic mass is 32.1. The summed E-state index contributed by atoms with van der Waals surface area (Å²) in [5.41, 5.74) is 5.90. The zero-order chi connectivity index (χ0) is 15.9. The lowest BCUT2D eigenvalue weighted by Gasteiger charge is -2.03. The number of hydrogen-bond donors (Lipinski definition) is 2. The number of hydrogen-bond acceptors (Lipinski definition) is 6. The SMILES string of the molecule is NC(=O)CNC(=O)COC(=O)c1csc(-c2ccccc2)n1. The van der Waals surface area contributed by atoms with Crippen LogP contribution in [0, 0.1) is 0 Å². The van der Waals surface area contributed by atoms with Crippen molar-refractivity contribution in [3.63, 3.8) is 0 Å². The first-order valence-corrected chi connectivity index (χ1v) is 7.17. The molecule has 1 aromatic carbocycles. The lowest BCUT2D eigenvalue weighted by atomic mass is 10.2. The Hall–Kier alpha value is -2.74. The van der Waals surface area contributed by atoms with Crippen molar-refractivity contribution in [1.29, 1.82) is 0 Å². The highest BCUT2D eigenvalue weighted by Crippen LogP contribution is 2.23. The third-order valence-electron chi connectivity index (χ3n) is 2.53. The van der Waals surface area contributed by atoms with E-state index in [1.54, 1.807) is 5.38 Å². The molecule has 1 heterocycles. The molecule has 0 saturated heterocycles. The summed E-state index contributed by atoms with van der Waals surface area (Å²) in [6.45, 7) is -0.796. The summed E-state index contributed by atoms with van der Waals surface area (Å²) < 4.78 is 4.81. The molecule has 7 nitrogen and oxygen atoms in total. The van der Waals surface area contributed by atoms with Gasteiger partial charge >= 0.3 is 5.97 Å². The molecule has 8 heteroatoms. The van der Waals surface area contributed by atoms with Gasteiger partial charge in [0.2, 0.25) is 5.91 Å². The normalized spacial score (nSPS) is 10.0. The second-order valence-electron chi connectivity index (χ2n) is 4.22. The number of primary amides is 1. The maximum atomic E-state index is 11.8. The van der Waals surface area contributed by atoms with E-state index < -0.39 is 24.4 Å². The van der Waals surface area contributed by atoms with Crippen molar-refractivity contribution in [2.45, 2.75) is 0 Å². The van der Waals surface area contributed by atoms with Gasteiger partial charge in [-0.15, -0.1) is 11.3 Å². The van der Waals surface area contributed by atoms with Crippen LogP contribution in [0.4, 0.5) is 0 Å². The minimum atomic E-state index is -0.701. The first-order chi connectivity index (χ1) is 10.6. The van der Waals surface area contributed by atoms with E-state index in [0.717, 1.165) is 5.56 Å². The summed E-state index contributed by atoms with van der Waals surface area (Å²) in [5.74, 6) is -1.98. The van der Waals surface area contributed by atoms with Gasteiger partial charge in [0.1, 0.15) is 5.01 Å². The first-order valence-electron chi connectivity index (χ1n) is 6.29. The summed E-state index contributed by atoms with van der Waals surface area (Å²) in [6.07, 6.45) is 0. The topological polar surface area (TPSA) is 111 Å². The summed E-state index contributed by atoms with van der Waals surface area (Å²) in [7, 11) is 0. The third-order valence-corrected chi connectivity index (χ3v) is 3.42. The first kappa shape index (κ1) is 15.6. The van der Waals surface area contributed by atoms with E-state index in [1.165, 1.54) is 11.3 Å². The molecular formula is C14H13N3O4S. The van der Waals surface area contributed by atoms with Gasteiger partial charge in [0.25, 0.3) is 5.91 Å². The highest BCUT2D eigenvalue weighted by molar-refractivity contribution is 7.13. The zero-order valence-corrected chi connectivity index (χ0v) is 12.3. The van der Waals surface area contributed by atoms with Gasteiger partial charge in [0.15, 0.2) is 12.3 Å². The van der Waals surface area contributed by atoms with Crippen LogP contribution in [0.15, 0.2) is 35.7 Å². The molecule has 3 N–H and O–H groups in total. The molecule has 0 radical (unpaired) electrons. The van der Waals surface area contributed by atoms with Gasteiger partial charge in [0, 0.05) is 10.9 Å². The van der Waals surface area contributed by atoms with E-state index in [1.807, 2.05) is 30.3 Å². The van der Waals surface area contributed by atoms with E-state index >= 15 is 0 Å². The maximum absolute atomic E-state index is 11.8. The minimum Gasteiger partial charge on any atom is -0.451 e. The van der Waals surface area contributed by atoms with Crippen LogP contribution in [0.25, 0.3) is 10.6 Å². The predicted molar refractivity (Wildman–Crippen MR) is 80.0 cm³/mol. The van der Waals surface area contributed by atoms with Gasteiger partial charge in [-0.05, 0) is 0 Å². The Bertz CT molecular complexity index is 684. The summed E-state index contributed by atoms with van der Waals surface area (Å²) in [6, 6.07) is 9.39. The fraction of sp³-hybridized carbons (Fsp3) is 0.143. The number of carbonyl (C=O) groups is 3. The molecule has 1 aromatic heterocycles. The molecule has 0 fully saturated rings. The Morgan fingerprint density at radius 2 is 1.95 bits per heavy atom. The molecule has 114 valence electrons. The van der Waals surface area contributed by atoms with Crippen LogP contribution in [-0.2, 0) is 14.3 Å². The van der Waals surface area contributed by atoms with Crippen LogP contribution in [0.5, 0.6) is 0 Å². The molecule has 0 aliphatic heterocycles. The summed E-state index contributed by atoms with van der Waals surface area (Å²) in [4.78, 5) is 37.7. The van der Waals surface area contributed by atoms with Gasteiger partial charge in [-0.1, -0.05) is 30.3 Å². The van der Waals surface area contributed by atoms with Crippen molar-refractivity contribution >= 4 is 29.1 Å². The molecule has 2 rings (SSSR count). The Balaban J connectivity index is 1.90. The lowest BCUT2D eigenvalue weighted by Crippen LogP contribution is -2.36. The fourth-order valence-corrected chi connectivity index (χ4v) is 2.32. The van der Waals surface area contributed by atoms with E-state index in [9.17, 15) is 14.4 Å². The molecule has 22 heavy (non-hydrogen) atoms. The fourth-order valence-electron chi connectivity index (χ4n) is 1.52. The summed E-state index contributed by atoms with van der Waals surface area (Å²) >= 11 is 1.31. The smallest absolute Gasteiger partial charge is 0.358 e. The van der Waals surface area contributed by atoms with Crippen molar-refractivity contribution in [1.82, 2.24) is 10.3 Å². The van der Waals surface area contributed by atoms with Gasteiger partial charge in [-0.3, -0.25) is 9.59 Å². The predicted octanol–water partition coefficient (Wildman–Crippen LogP) is 0.568. The van der Waals surface area contributed by atoms with Gasteiger partial charge in [-0.25, -0.2) is 9.78 Å². The molecule has 2 aromatic rings. The molecule has 0 saturated carbocycles. The van der Waals surface area contributed by atoms with E-state index in [0.29, 0.717) is 5.01 Å². The number of nitrogens with two attached hydrogens (primary N) is 1. The standard InChI is InChI=1S/C14H13N3O4S/c15-11(18)6-16-12(19)7-21-14(20)10-8-22-13(17-10)9-4-2-1-3-5-9/h1-5,8H,6-7H2,(H2,15,18)(H,16,19). The number of esters is 1. The Kier molecular flexibility index (Phi) is 5.21. The monoisotopic (exact) mass is 319 g/mol. The largest absolute Gasteiger partial charge is 0.451 e. The maximum Gasteiger partial charge on any atom is 0.358 e. The number of nitrogens with zero attached hydrogens (tertiary/aromatic N) is 1. The molecule has 0 aliphatic carbocycles. The second-order valence-corrected chi connectivity index (χ2v) is 5.08. The molecule has 0 bridgehead atoms. The zero-order valence-electron chi connectivity index (χ0n) is 11.4. The van der Waals surface area contributed by atoms with Crippen molar-refractivity contribution in [2.75, 3.05) is 13.2 Å². The molecule has 0 spiro atoms. The van der Waals surface area contributed by atoms with Crippen molar-refractivity contribution in [3.05, 3.63) is 41.4 Å². The molecular weight excluding hydrogens is 306 g/mol. The van der Waals surface area contributed by atoms with Gasteiger partial charge < -0.3 is 15.8 Å². The molecule has 0 atom stereocenters. The average molecular weight is 319 g/mol. The third kappa shape index (κ3) is 4.38. The number of nitrogens with one attached hydrogen (secondary N) is 1. The van der Waals surface area contributed by atoms with Crippen molar-refractivity contribution < 1.29 is 19.1 Å². The summed E-state index contributed by atoms with van der Waals surface area (Å²) in [5, 5.41) is 4.46. The lowest BCUT2D eigenvalue weighted by molar-refractivity contribution is -0.127. The van der Waals surface area contributed by atoms with Crippen molar-refractivity contribution in [2.24, 2.45) is 5.73 Å². The van der Waals surface area contributed by atoms with E-state index in [4.69, 9.17) is 10.5 Å². The van der Waals surface area contributed by atoms with Crippen LogP contribution in [-0.4, -0.2) is 35.9 Å². The number of carbonyl (C=O) groups excluding carboxylic acids is 3. The average Bonchev–Trinajstić information content (AvgIpc) is 3.01. The number of aromatic nitrogens is 1. The molecule has 0 aliphatic rings. The minimum absolute atomic E-state index is 0.131. The molecule has 2 amide bonds.